The Morgan fingerprint density at radius 2 is 1.81 bits per heavy atom. The topological polar surface area (TPSA) is 33.4 Å². The summed E-state index contributed by atoms with van der Waals surface area (Å²) in [6, 6.07) is 11.5. The number of aromatic hydroxyl groups is 1. The van der Waals surface area contributed by atoms with Crippen LogP contribution in [0, 0.1) is 6.92 Å². The molecule has 0 bridgehead atoms. The van der Waals surface area contributed by atoms with E-state index in [4.69, 9.17) is 4.42 Å². The van der Waals surface area contributed by atoms with Crippen LogP contribution in [-0.4, -0.2) is 5.11 Å². The third-order valence-electron chi connectivity index (χ3n) is 2.63. The molecule has 0 unspecified atom stereocenters. The van der Waals surface area contributed by atoms with Gasteiger partial charge in [0.1, 0.15) is 17.1 Å². The van der Waals surface area contributed by atoms with Crippen molar-refractivity contribution in [3.8, 4) is 5.75 Å². The monoisotopic (exact) mass is 262 g/mol. The van der Waals surface area contributed by atoms with Crippen LogP contribution in [0.15, 0.2) is 40.8 Å². The molecule has 0 aliphatic heterocycles. The van der Waals surface area contributed by atoms with Crippen molar-refractivity contribution in [1.29, 1.82) is 0 Å². The Kier molecular flexibility index (Phi) is 2.73. The van der Waals surface area contributed by atoms with Crippen LogP contribution in [0.2, 0.25) is 0 Å². The molecule has 16 heavy (non-hydrogen) atoms. The second kappa shape index (κ2) is 3.91. The molecule has 3 rings (SSSR count). The molecule has 0 aliphatic carbocycles. The third kappa shape index (κ3) is 1.52. The minimum absolute atomic E-state index is 0. The molecule has 0 saturated heterocycles. The Hall–Kier alpha value is -1.34. The summed E-state index contributed by atoms with van der Waals surface area (Å²) in [6.45, 7) is 1.91. The molecule has 3 heteroatoms. The van der Waals surface area contributed by atoms with E-state index in [1.54, 1.807) is 6.07 Å². The van der Waals surface area contributed by atoms with Crippen LogP contribution in [0.5, 0.6) is 5.75 Å². The van der Waals surface area contributed by atoms with Crippen LogP contribution >= 0.6 is 0 Å². The number of benzene rings is 2. The zero-order valence-electron chi connectivity index (χ0n) is 9.03. The molecular weight excluding hydrogens is 254 g/mol. The van der Waals surface area contributed by atoms with Crippen LogP contribution in [0.4, 0.5) is 0 Å². The standard InChI is InChI=1S/C13H10O2.Zn/c1-8-7-10-6-5-9-3-2-4-11(14)12(9)13(10)15-8;/h2-7,14H,1H3;. The summed E-state index contributed by atoms with van der Waals surface area (Å²) in [5, 5.41) is 12.6. The van der Waals surface area contributed by atoms with E-state index in [9.17, 15) is 5.11 Å². The summed E-state index contributed by atoms with van der Waals surface area (Å²) in [4.78, 5) is 0. The van der Waals surface area contributed by atoms with Crippen molar-refractivity contribution in [2.45, 2.75) is 6.92 Å². The van der Waals surface area contributed by atoms with E-state index in [0.29, 0.717) is 0 Å². The third-order valence-corrected chi connectivity index (χ3v) is 2.63. The fraction of sp³-hybridized carbons (Fsp3) is 0.0769. The summed E-state index contributed by atoms with van der Waals surface area (Å²) in [5.41, 5.74) is 0.767. The van der Waals surface area contributed by atoms with Gasteiger partial charge in [0.05, 0.1) is 5.39 Å². The van der Waals surface area contributed by atoms with Gasteiger partial charge in [0.15, 0.2) is 0 Å². The SMILES string of the molecule is Cc1cc2ccc3cccc(O)c3c2o1.[Zn]. The van der Waals surface area contributed by atoms with Crippen molar-refractivity contribution in [3.63, 3.8) is 0 Å². The van der Waals surface area contributed by atoms with Crippen LogP contribution in [0.25, 0.3) is 21.7 Å². The Bertz CT molecular complexity index is 655. The summed E-state index contributed by atoms with van der Waals surface area (Å²) >= 11 is 0. The molecule has 76 valence electrons. The van der Waals surface area contributed by atoms with Gasteiger partial charge in [0.25, 0.3) is 0 Å². The molecule has 1 N–H and O–H groups in total. The molecule has 0 amide bonds. The van der Waals surface area contributed by atoms with Gasteiger partial charge in [-0.1, -0.05) is 24.3 Å². The van der Waals surface area contributed by atoms with E-state index in [0.717, 1.165) is 27.5 Å². The molecule has 2 nitrogen and oxygen atoms in total. The zero-order valence-corrected chi connectivity index (χ0v) is 12.0. The summed E-state index contributed by atoms with van der Waals surface area (Å²) in [7, 11) is 0. The van der Waals surface area contributed by atoms with Crippen LogP contribution in [0.1, 0.15) is 5.76 Å². The number of rotatable bonds is 0. The van der Waals surface area contributed by atoms with Gasteiger partial charge in [-0.3, -0.25) is 0 Å². The van der Waals surface area contributed by atoms with Crippen LogP contribution in [-0.2, 0) is 19.5 Å². The number of aryl methyl sites for hydroxylation is 1. The second-order valence-electron chi connectivity index (χ2n) is 3.72. The molecule has 0 spiro atoms. The number of hydrogen-bond acceptors (Lipinski definition) is 2. The summed E-state index contributed by atoms with van der Waals surface area (Å²) in [5.74, 6) is 1.13. The average Bonchev–Trinajstić information content (AvgIpc) is 2.58. The van der Waals surface area contributed by atoms with Gasteiger partial charge < -0.3 is 9.52 Å². The number of phenolic OH excluding ortho intramolecular Hbond substituents is 1. The fourth-order valence-electron chi connectivity index (χ4n) is 1.98. The molecule has 1 aromatic heterocycles. The van der Waals surface area contributed by atoms with Gasteiger partial charge in [0.2, 0.25) is 0 Å². The van der Waals surface area contributed by atoms with Gasteiger partial charge >= 0.3 is 0 Å². The Morgan fingerprint density at radius 3 is 2.62 bits per heavy atom. The zero-order chi connectivity index (χ0) is 10.4. The van der Waals surface area contributed by atoms with Crippen LogP contribution in [0.3, 0.4) is 0 Å². The van der Waals surface area contributed by atoms with Gasteiger partial charge in [-0.25, -0.2) is 0 Å². The molecule has 0 radical (unpaired) electrons. The number of hydrogen-bond donors (Lipinski definition) is 1. The van der Waals surface area contributed by atoms with E-state index in [1.807, 2.05) is 37.3 Å². The van der Waals surface area contributed by atoms with Crippen LogP contribution < -0.4 is 0 Å². The normalized spacial score (nSPS) is 10.6. The van der Waals surface area contributed by atoms with Gasteiger partial charge in [-0.15, -0.1) is 0 Å². The van der Waals surface area contributed by atoms with E-state index in [1.165, 1.54) is 0 Å². The fourth-order valence-corrected chi connectivity index (χ4v) is 1.98. The molecular formula is C13H10O2Zn. The van der Waals surface area contributed by atoms with Crippen molar-refractivity contribution >= 4 is 21.7 Å². The van der Waals surface area contributed by atoms with Gasteiger partial charge in [0, 0.05) is 24.9 Å². The first-order chi connectivity index (χ1) is 7.25. The van der Waals surface area contributed by atoms with Gasteiger partial charge in [-0.05, 0) is 24.4 Å². The first-order valence-electron chi connectivity index (χ1n) is 4.86. The maximum Gasteiger partial charge on any atom is 0.145 e. The van der Waals surface area contributed by atoms with Crippen molar-refractivity contribution in [1.82, 2.24) is 0 Å². The van der Waals surface area contributed by atoms with Crippen molar-refractivity contribution < 1.29 is 29.0 Å². The number of furan rings is 1. The molecule has 0 aliphatic rings. The van der Waals surface area contributed by atoms with Crippen molar-refractivity contribution in [2.24, 2.45) is 0 Å². The molecule has 0 fully saturated rings. The van der Waals surface area contributed by atoms with E-state index >= 15 is 0 Å². The smallest absolute Gasteiger partial charge is 0.145 e. The Morgan fingerprint density at radius 1 is 1.06 bits per heavy atom. The summed E-state index contributed by atoms with van der Waals surface area (Å²) in [6.07, 6.45) is 0. The summed E-state index contributed by atoms with van der Waals surface area (Å²) < 4.78 is 5.60. The quantitative estimate of drug-likeness (QED) is 0.629. The van der Waals surface area contributed by atoms with Crippen molar-refractivity contribution in [3.05, 3.63) is 42.2 Å². The number of fused-ring (bicyclic) bond motifs is 3. The first-order valence-corrected chi connectivity index (χ1v) is 4.86. The first kappa shape index (κ1) is 11.2. The minimum Gasteiger partial charge on any atom is -0.507 e. The maximum atomic E-state index is 9.82. The molecule has 0 atom stereocenters. The predicted molar refractivity (Wildman–Crippen MR) is 60.1 cm³/mol. The van der Waals surface area contributed by atoms with E-state index in [-0.39, 0.29) is 25.2 Å². The maximum absolute atomic E-state index is 9.82. The Balaban J connectivity index is 0.000000963. The average molecular weight is 264 g/mol. The molecule has 2 aromatic carbocycles. The Labute approximate surface area is 106 Å². The number of phenols is 1. The second-order valence-corrected chi connectivity index (χ2v) is 3.72. The molecule has 0 saturated carbocycles. The van der Waals surface area contributed by atoms with Gasteiger partial charge in [-0.2, -0.15) is 0 Å². The molecule has 3 aromatic rings. The predicted octanol–water partition coefficient (Wildman–Crippen LogP) is 3.60. The molecule has 1 heterocycles. The van der Waals surface area contributed by atoms with Crippen molar-refractivity contribution in [2.75, 3.05) is 0 Å². The minimum atomic E-state index is 0. The largest absolute Gasteiger partial charge is 0.507 e. The van der Waals surface area contributed by atoms with E-state index < -0.39 is 0 Å². The van der Waals surface area contributed by atoms with E-state index in [2.05, 4.69) is 0 Å².